The van der Waals surface area contributed by atoms with Gasteiger partial charge in [-0.2, -0.15) is 0 Å². The van der Waals surface area contributed by atoms with Crippen LogP contribution in [0.1, 0.15) is 6.42 Å². The van der Waals surface area contributed by atoms with E-state index in [2.05, 4.69) is 0 Å². The fourth-order valence-corrected chi connectivity index (χ4v) is 2.81. The van der Waals surface area contributed by atoms with E-state index in [0.717, 1.165) is 0 Å². The molecule has 1 amide bonds. The van der Waals surface area contributed by atoms with Crippen molar-refractivity contribution in [3.63, 3.8) is 0 Å². The molecule has 0 aromatic rings. The van der Waals surface area contributed by atoms with Gasteiger partial charge in [-0.3, -0.25) is 4.79 Å². The fourth-order valence-electron chi connectivity index (χ4n) is 1.93. The number of rotatable bonds is 8. The van der Waals surface area contributed by atoms with E-state index < -0.39 is 10.0 Å². The lowest BCUT2D eigenvalue weighted by atomic mass is 10.1. The maximum atomic E-state index is 11.6. The SMILES string of the molecule is COCCOCCN1CC(CS(N)(=O)=O)CC1=O. The molecule has 1 fully saturated rings. The number of nitrogens with zero attached hydrogens (tertiary/aromatic N) is 1. The van der Waals surface area contributed by atoms with Crippen molar-refractivity contribution < 1.29 is 22.7 Å². The highest BCUT2D eigenvalue weighted by Crippen LogP contribution is 2.18. The van der Waals surface area contributed by atoms with Crippen LogP contribution in [0.5, 0.6) is 0 Å². The van der Waals surface area contributed by atoms with Gasteiger partial charge < -0.3 is 14.4 Å². The molecule has 0 aromatic carbocycles. The number of nitrogens with two attached hydrogens (primary N) is 1. The van der Waals surface area contributed by atoms with Crippen molar-refractivity contribution in [1.29, 1.82) is 0 Å². The highest BCUT2D eigenvalue weighted by molar-refractivity contribution is 7.89. The third kappa shape index (κ3) is 5.76. The van der Waals surface area contributed by atoms with Crippen molar-refractivity contribution in [3.8, 4) is 0 Å². The summed E-state index contributed by atoms with van der Waals surface area (Å²) in [6, 6.07) is 0. The average molecular weight is 280 g/mol. The molecule has 106 valence electrons. The molecule has 1 rings (SSSR count). The van der Waals surface area contributed by atoms with E-state index in [4.69, 9.17) is 14.6 Å². The van der Waals surface area contributed by atoms with Gasteiger partial charge in [-0.15, -0.1) is 0 Å². The van der Waals surface area contributed by atoms with Crippen molar-refractivity contribution in [2.75, 3.05) is 45.8 Å². The molecule has 1 aliphatic rings. The van der Waals surface area contributed by atoms with Gasteiger partial charge in [-0.25, -0.2) is 13.6 Å². The molecule has 1 saturated heterocycles. The van der Waals surface area contributed by atoms with E-state index in [9.17, 15) is 13.2 Å². The molecule has 0 aromatic heterocycles. The second kappa shape index (κ2) is 7.03. The second-order valence-corrected chi connectivity index (χ2v) is 6.00. The number of carbonyl (C=O) groups is 1. The van der Waals surface area contributed by atoms with Gasteiger partial charge in [0, 0.05) is 32.5 Å². The van der Waals surface area contributed by atoms with Crippen LogP contribution in [0.4, 0.5) is 0 Å². The molecule has 1 unspecified atom stereocenters. The zero-order valence-electron chi connectivity index (χ0n) is 10.5. The highest BCUT2D eigenvalue weighted by Gasteiger charge is 2.31. The zero-order chi connectivity index (χ0) is 13.6. The summed E-state index contributed by atoms with van der Waals surface area (Å²) in [6.07, 6.45) is 0.245. The standard InChI is InChI=1S/C10H20N2O5S/c1-16-4-5-17-3-2-12-7-9(6-10(12)13)8-18(11,14)15/h9H,2-8H2,1H3,(H2,11,14,15). The number of amides is 1. The first-order valence-electron chi connectivity index (χ1n) is 5.77. The molecule has 1 heterocycles. The Morgan fingerprint density at radius 3 is 2.72 bits per heavy atom. The van der Waals surface area contributed by atoms with Gasteiger partial charge in [0.25, 0.3) is 0 Å². The molecular weight excluding hydrogens is 260 g/mol. The van der Waals surface area contributed by atoms with Gasteiger partial charge in [0.15, 0.2) is 0 Å². The first-order valence-corrected chi connectivity index (χ1v) is 7.49. The maximum Gasteiger partial charge on any atom is 0.223 e. The van der Waals surface area contributed by atoms with Crippen LogP contribution in [0.25, 0.3) is 0 Å². The molecule has 0 spiro atoms. The van der Waals surface area contributed by atoms with E-state index in [-0.39, 0.29) is 24.0 Å². The Balaban J connectivity index is 2.25. The normalized spacial score (nSPS) is 20.7. The van der Waals surface area contributed by atoms with Gasteiger partial charge in [-0.1, -0.05) is 0 Å². The third-order valence-corrected chi connectivity index (χ3v) is 3.64. The fraction of sp³-hybridized carbons (Fsp3) is 0.900. The molecule has 7 nitrogen and oxygen atoms in total. The minimum atomic E-state index is -3.51. The Morgan fingerprint density at radius 1 is 1.39 bits per heavy atom. The van der Waals surface area contributed by atoms with Gasteiger partial charge in [-0.05, 0) is 0 Å². The molecule has 2 N–H and O–H groups in total. The molecule has 1 aliphatic heterocycles. The summed E-state index contributed by atoms with van der Waals surface area (Å²) in [4.78, 5) is 13.2. The maximum absolute atomic E-state index is 11.6. The van der Waals surface area contributed by atoms with Crippen LogP contribution < -0.4 is 5.14 Å². The van der Waals surface area contributed by atoms with E-state index in [0.29, 0.717) is 32.9 Å². The summed E-state index contributed by atoms with van der Waals surface area (Å²) in [7, 11) is -1.93. The van der Waals surface area contributed by atoms with Gasteiger partial charge >= 0.3 is 0 Å². The number of sulfonamides is 1. The van der Waals surface area contributed by atoms with Crippen LogP contribution in [-0.2, 0) is 24.3 Å². The van der Waals surface area contributed by atoms with Gasteiger partial charge in [0.05, 0.1) is 25.6 Å². The molecule has 1 atom stereocenters. The van der Waals surface area contributed by atoms with Crippen LogP contribution in [0, 0.1) is 5.92 Å². The molecule has 18 heavy (non-hydrogen) atoms. The van der Waals surface area contributed by atoms with E-state index in [1.165, 1.54) is 0 Å². The average Bonchev–Trinajstić information content (AvgIpc) is 2.56. The lowest BCUT2D eigenvalue weighted by molar-refractivity contribution is -0.128. The predicted molar refractivity (Wildman–Crippen MR) is 65.4 cm³/mol. The minimum absolute atomic E-state index is 0.0426. The smallest absolute Gasteiger partial charge is 0.223 e. The predicted octanol–water partition coefficient (Wildman–Crippen LogP) is -1.21. The van der Waals surface area contributed by atoms with Gasteiger partial charge in [0.2, 0.25) is 15.9 Å². The Labute approximate surface area is 107 Å². The molecule has 0 bridgehead atoms. The quantitative estimate of drug-likeness (QED) is 0.562. The van der Waals surface area contributed by atoms with Crippen LogP contribution in [0.2, 0.25) is 0 Å². The number of hydrogen-bond donors (Lipinski definition) is 1. The largest absolute Gasteiger partial charge is 0.382 e. The lowest BCUT2D eigenvalue weighted by Gasteiger charge is -2.16. The van der Waals surface area contributed by atoms with E-state index >= 15 is 0 Å². The van der Waals surface area contributed by atoms with Crippen molar-refractivity contribution in [2.45, 2.75) is 6.42 Å². The van der Waals surface area contributed by atoms with Crippen LogP contribution >= 0.6 is 0 Å². The molecule has 0 saturated carbocycles. The molecule has 0 aliphatic carbocycles. The Morgan fingerprint density at radius 2 is 2.11 bits per heavy atom. The number of ether oxygens (including phenoxy) is 2. The second-order valence-electron chi connectivity index (χ2n) is 4.34. The first-order chi connectivity index (χ1) is 8.42. The lowest BCUT2D eigenvalue weighted by Crippen LogP contribution is -2.30. The highest BCUT2D eigenvalue weighted by atomic mass is 32.2. The number of hydrogen-bond acceptors (Lipinski definition) is 5. The van der Waals surface area contributed by atoms with Crippen molar-refractivity contribution >= 4 is 15.9 Å². The summed E-state index contributed by atoms with van der Waals surface area (Å²) in [5.74, 6) is -0.384. The summed E-state index contributed by atoms with van der Waals surface area (Å²) >= 11 is 0. The monoisotopic (exact) mass is 280 g/mol. The van der Waals surface area contributed by atoms with Crippen LogP contribution in [-0.4, -0.2) is 65.0 Å². The Bertz CT molecular complexity index is 370. The van der Waals surface area contributed by atoms with Crippen molar-refractivity contribution in [3.05, 3.63) is 0 Å². The summed E-state index contributed by atoms with van der Waals surface area (Å²) < 4.78 is 32.0. The van der Waals surface area contributed by atoms with Crippen molar-refractivity contribution in [2.24, 2.45) is 11.1 Å². The van der Waals surface area contributed by atoms with Gasteiger partial charge in [0.1, 0.15) is 0 Å². The Hall–Kier alpha value is -0.700. The van der Waals surface area contributed by atoms with Crippen molar-refractivity contribution in [1.82, 2.24) is 4.90 Å². The Kier molecular flexibility index (Phi) is 6.00. The minimum Gasteiger partial charge on any atom is -0.382 e. The number of carbonyl (C=O) groups excluding carboxylic acids is 1. The number of likely N-dealkylation sites (tertiary alicyclic amines) is 1. The summed E-state index contributed by atoms with van der Waals surface area (Å²) in [5, 5.41) is 4.96. The van der Waals surface area contributed by atoms with E-state index in [1.807, 2.05) is 0 Å². The molecular formula is C10H20N2O5S. The van der Waals surface area contributed by atoms with E-state index in [1.54, 1.807) is 12.0 Å². The topological polar surface area (TPSA) is 98.9 Å². The van der Waals surface area contributed by atoms with Crippen LogP contribution in [0.15, 0.2) is 0 Å². The molecule has 8 heteroatoms. The zero-order valence-corrected chi connectivity index (χ0v) is 11.3. The number of methoxy groups -OCH3 is 1. The number of primary sulfonamides is 1. The third-order valence-electron chi connectivity index (χ3n) is 2.70. The van der Waals surface area contributed by atoms with Crippen LogP contribution in [0.3, 0.4) is 0 Å². The molecule has 0 radical (unpaired) electrons. The summed E-state index contributed by atoms with van der Waals surface area (Å²) in [6.45, 7) is 2.34. The summed E-state index contributed by atoms with van der Waals surface area (Å²) in [5.41, 5.74) is 0. The first kappa shape index (κ1) is 15.4.